The van der Waals surface area contributed by atoms with Crippen LogP contribution in [-0.2, 0) is 10.8 Å². The summed E-state index contributed by atoms with van der Waals surface area (Å²) in [5, 5.41) is 30.6. The second kappa shape index (κ2) is 10.9. The highest BCUT2D eigenvalue weighted by molar-refractivity contribution is 6.33. The standard InChI is InChI=1S/C63H41N3/c64-29-35-24-48-54(57-50(35)52-39-9-1-3-11-41(39)53(57)42-12-4-2-10-40(42)52)45-23-34-22-37(62-26-31-19-32(27-62)21-33(20-31)28-62)17-18-38(34)55-56-49(66(48)61(45)55)25-36(30-65)51-58(56)60-44-14-6-8-16-47(44)63(60)46-15-7-5-13-43(46)59(51)63/h1-18,22-25,31-33,52-53,59-60H,19-21,26-28H2. The van der Waals surface area contributed by atoms with Crippen molar-refractivity contribution in [3.63, 3.8) is 0 Å². The lowest BCUT2D eigenvalue weighted by Gasteiger charge is -2.58. The Hall–Kier alpha value is -7.20. The lowest BCUT2D eigenvalue weighted by molar-refractivity contribution is -0.00512. The Balaban J connectivity index is 1.03. The molecule has 10 aromatic rings. The second-order valence-electron chi connectivity index (χ2n) is 22.2. The number of nitriles is 2. The highest BCUT2D eigenvalue weighted by Gasteiger charge is 2.70. The fourth-order valence-corrected chi connectivity index (χ4v) is 18.3. The van der Waals surface area contributed by atoms with Gasteiger partial charge in [0.05, 0.1) is 39.8 Å². The van der Waals surface area contributed by atoms with Crippen molar-refractivity contribution in [1.29, 1.82) is 10.5 Å². The first kappa shape index (κ1) is 34.2. The molecule has 0 aliphatic heterocycles. The van der Waals surface area contributed by atoms with Gasteiger partial charge < -0.3 is 4.40 Å². The lowest BCUT2D eigenvalue weighted by atomic mass is 9.43. The Morgan fingerprint density at radius 1 is 0.470 bits per heavy atom. The molecule has 3 atom stereocenters. The zero-order chi connectivity index (χ0) is 42.7. The molecule has 2 aromatic heterocycles. The number of hydrogen-bond donors (Lipinski definition) is 0. The predicted molar refractivity (Wildman–Crippen MR) is 260 cm³/mol. The number of nitrogens with zero attached hydrogens (tertiary/aromatic N) is 3. The average molecular weight is 840 g/mol. The highest BCUT2D eigenvalue weighted by Crippen LogP contribution is 2.78. The van der Waals surface area contributed by atoms with Crippen LogP contribution >= 0.6 is 0 Å². The molecule has 10 aliphatic carbocycles. The third-order valence-corrected chi connectivity index (χ3v) is 19.7. The summed E-state index contributed by atoms with van der Waals surface area (Å²) in [7, 11) is 0. The van der Waals surface area contributed by atoms with Crippen molar-refractivity contribution in [1.82, 2.24) is 4.40 Å². The van der Waals surface area contributed by atoms with E-state index in [0.29, 0.717) is 0 Å². The highest BCUT2D eigenvalue weighted by atomic mass is 14.9. The summed E-state index contributed by atoms with van der Waals surface area (Å²) >= 11 is 0. The molecule has 1 spiro atoms. The van der Waals surface area contributed by atoms with E-state index < -0.39 is 0 Å². The van der Waals surface area contributed by atoms with Crippen LogP contribution in [0.2, 0.25) is 0 Å². The van der Waals surface area contributed by atoms with Crippen LogP contribution in [0.4, 0.5) is 0 Å². The monoisotopic (exact) mass is 839 g/mol. The lowest BCUT2D eigenvalue weighted by Crippen LogP contribution is -2.52. The van der Waals surface area contributed by atoms with Crippen molar-refractivity contribution in [2.45, 2.75) is 73.0 Å². The van der Waals surface area contributed by atoms with Crippen LogP contribution in [0.3, 0.4) is 0 Å². The molecule has 0 N–H and O–H groups in total. The van der Waals surface area contributed by atoms with Gasteiger partial charge in [-0.15, -0.1) is 0 Å². The van der Waals surface area contributed by atoms with Gasteiger partial charge >= 0.3 is 0 Å². The van der Waals surface area contributed by atoms with Crippen LogP contribution in [-0.4, -0.2) is 4.40 Å². The molecule has 8 aromatic carbocycles. The fourth-order valence-electron chi connectivity index (χ4n) is 18.3. The summed E-state index contributed by atoms with van der Waals surface area (Å²) in [5.74, 6) is 2.91. The molecular formula is C63H41N3. The maximum Gasteiger partial charge on any atom is 0.0995 e. The fraction of sp³-hybridized carbons (Fsp3) is 0.238. The van der Waals surface area contributed by atoms with Gasteiger partial charge in [0, 0.05) is 50.6 Å². The molecule has 2 heterocycles. The molecule has 0 amide bonds. The van der Waals surface area contributed by atoms with E-state index in [1.807, 2.05) is 0 Å². The second-order valence-corrected chi connectivity index (χ2v) is 22.2. The Kier molecular flexibility index (Phi) is 5.65. The van der Waals surface area contributed by atoms with Gasteiger partial charge in [0.15, 0.2) is 0 Å². The van der Waals surface area contributed by atoms with Crippen LogP contribution in [0.5, 0.6) is 0 Å². The summed E-state index contributed by atoms with van der Waals surface area (Å²) in [6.45, 7) is 0. The van der Waals surface area contributed by atoms with Crippen LogP contribution in [0.15, 0.2) is 133 Å². The summed E-state index contributed by atoms with van der Waals surface area (Å²) in [4.78, 5) is 0. The van der Waals surface area contributed by atoms with E-state index in [2.05, 4.69) is 150 Å². The van der Waals surface area contributed by atoms with Crippen molar-refractivity contribution < 1.29 is 0 Å². The van der Waals surface area contributed by atoms with Crippen LogP contribution in [0, 0.1) is 40.4 Å². The molecule has 66 heavy (non-hydrogen) atoms. The van der Waals surface area contributed by atoms with Crippen molar-refractivity contribution in [2.75, 3.05) is 0 Å². The van der Waals surface area contributed by atoms with Crippen molar-refractivity contribution in [3.05, 3.63) is 217 Å². The van der Waals surface area contributed by atoms with Crippen molar-refractivity contribution in [2.24, 2.45) is 17.8 Å². The molecular weight excluding hydrogens is 799 g/mol. The first-order chi connectivity index (χ1) is 32.6. The molecule has 4 fully saturated rings. The van der Waals surface area contributed by atoms with Gasteiger partial charge in [-0.1, -0.05) is 115 Å². The molecule has 3 nitrogen and oxygen atoms in total. The number of rotatable bonds is 1. The average Bonchev–Trinajstić information content (AvgIpc) is 3.93. The normalized spacial score (nSPS) is 29.1. The Labute approximate surface area is 381 Å². The minimum absolute atomic E-state index is 0.00636. The molecule has 0 radical (unpaired) electrons. The summed E-state index contributed by atoms with van der Waals surface area (Å²) in [6.07, 6.45) is 8.32. The van der Waals surface area contributed by atoms with E-state index in [0.717, 1.165) is 39.9 Å². The number of aromatic nitrogens is 1. The Morgan fingerprint density at radius 3 is 1.58 bits per heavy atom. The minimum Gasteiger partial charge on any atom is -0.308 e. The molecule has 0 saturated heterocycles. The predicted octanol–water partition coefficient (Wildman–Crippen LogP) is 14.1. The van der Waals surface area contributed by atoms with Gasteiger partial charge in [0.1, 0.15) is 0 Å². The molecule has 6 bridgehead atoms. The van der Waals surface area contributed by atoms with E-state index in [9.17, 15) is 10.5 Å². The molecule has 10 aliphatic rings. The minimum atomic E-state index is -0.169. The third-order valence-electron chi connectivity index (χ3n) is 19.7. The van der Waals surface area contributed by atoms with Crippen LogP contribution in [0.1, 0.15) is 146 Å². The zero-order valence-electron chi connectivity index (χ0n) is 36.3. The van der Waals surface area contributed by atoms with Gasteiger partial charge in [-0.25, -0.2) is 0 Å². The Bertz CT molecular complexity index is 4030. The largest absolute Gasteiger partial charge is 0.308 e. The van der Waals surface area contributed by atoms with Gasteiger partial charge in [-0.2, -0.15) is 10.5 Å². The molecule has 20 rings (SSSR count). The number of benzene rings is 8. The molecule has 4 saturated carbocycles. The number of hydrogen-bond acceptors (Lipinski definition) is 2. The van der Waals surface area contributed by atoms with Crippen LogP contribution < -0.4 is 0 Å². The molecule has 3 heteroatoms. The maximum absolute atomic E-state index is 11.4. The smallest absolute Gasteiger partial charge is 0.0995 e. The van der Waals surface area contributed by atoms with Gasteiger partial charge in [0.25, 0.3) is 0 Å². The SMILES string of the molecule is N#Cc1cc2c(c3c1C1c4ccccc4C3c3ccccc31)c1cc3cc(C45CC6CC(CC(C6)C4)C5)ccc3c3c4c5c(c(C#N)cc4n2c13)C1c2ccccc2C12c1ccccc1C52. The summed E-state index contributed by atoms with van der Waals surface area (Å²) < 4.78 is 2.52. The van der Waals surface area contributed by atoms with E-state index in [1.165, 1.54) is 143 Å². The Morgan fingerprint density at radius 2 is 0.985 bits per heavy atom. The zero-order valence-corrected chi connectivity index (χ0v) is 36.3. The molecule has 3 unspecified atom stereocenters. The van der Waals surface area contributed by atoms with E-state index in [4.69, 9.17) is 0 Å². The number of fused-ring (bicyclic) bond motifs is 16. The third kappa shape index (κ3) is 3.44. The summed E-state index contributed by atoms with van der Waals surface area (Å²) in [6, 6.07) is 56.7. The van der Waals surface area contributed by atoms with Gasteiger partial charge in [-0.05, 0) is 163 Å². The van der Waals surface area contributed by atoms with Crippen LogP contribution in [0.25, 0.3) is 48.9 Å². The van der Waals surface area contributed by atoms with Crippen molar-refractivity contribution in [3.8, 4) is 12.1 Å². The van der Waals surface area contributed by atoms with E-state index in [-0.39, 0.29) is 34.5 Å². The van der Waals surface area contributed by atoms with Gasteiger partial charge in [0.2, 0.25) is 0 Å². The quantitative estimate of drug-likeness (QED) is 0.165. The van der Waals surface area contributed by atoms with Gasteiger partial charge in [-0.3, -0.25) is 0 Å². The summed E-state index contributed by atoms with van der Waals surface area (Å²) in [5.41, 5.74) is 22.8. The molecule has 308 valence electrons. The topological polar surface area (TPSA) is 52.0 Å². The maximum atomic E-state index is 11.4. The first-order valence-electron chi connectivity index (χ1n) is 24.6. The van der Waals surface area contributed by atoms with E-state index >= 15 is 0 Å². The van der Waals surface area contributed by atoms with E-state index in [1.54, 1.807) is 5.56 Å². The first-order valence-corrected chi connectivity index (χ1v) is 24.6. The van der Waals surface area contributed by atoms with Crippen molar-refractivity contribution >= 4 is 48.9 Å².